The minimum atomic E-state index is -3.23. The van der Waals surface area contributed by atoms with Crippen LogP contribution in [0, 0.1) is 6.92 Å². The summed E-state index contributed by atoms with van der Waals surface area (Å²) in [6.45, 7) is 2.66. The van der Waals surface area contributed by atoms with E-state index in [2.05, 4.69) is 26.9 Å². The van der Waals surface area contributed by atoms with Gasteiger partial charge in [-0.05, 0) is 18.9 Å². The topological polar surface area (TPSA) is 68.1 Å². The number of fused-ring (bicyclic) bond motifs is 1. The fraction of sp³-hybridized carbons (Fsp3) is 0.429. The molecule has 3 rings (SSSR count). The summed E-state index contributed by atoms with van der Waals surface area (Å²) in [7, 11) is -3.23. The van der Waals surface area contributed by atoms with E-state index in [0.29, 0.717) is 18.9 Å². The van der Waals surface area contributed by atoms with Crippen molar-refractivity contribution in [1.82, 2.24) is 19.1 Å². The van der Waals surface area contributed by atoms with Crippen LogP contribution in [0.4, 0.5) is 0 Å². The Morgan fingerprint density at radius 1 is 1.24 bits per heavy atom. The lowest BCUT2D eigenvalue weighted by Crippen LogP contribution is -2.41. The van der Waals surface area contributed by atoms with Gasteiger partial charge in [-0.15, -0.1) is 10.2 Å². The first-order chi connectivity index (χ1) is 9.95. The van der Waals surface area contributed by atoms with Gasteiger partial charge in [-0.3, -0.25) is 0 Å². The molecule has 0 amide bonds. The van der Waals surface area contributed by atoms with E-state index in [9.17, 15) is 8.42 Å². The lowest BCUT2D eigenvalue weighted by Gasteiger charge is -2.32. The highest BCUT2D eigenvalue weighted by molar-refractivity contribution is 7.88. The molecule has 0 saturated heterocycles. The molecular weight excluding hydrogens is 288 g/mol. The maximum atomic E-state index is 11.9. The molecule has 0 spiro atoms. The van der Waals surface area contributed by atoms with Gasteiger partial charge < -0.3 is 4.57 Å². The third-order valence-corrected chi connectivity index (χ3v) is 5.03. The van der Waals surface area contributed by atoms with Crippen LogP contribution in [0.15, 0.2) is 30.3 Å². The third kappa shape index (κ3) is 2.84. The normalized spacial score (nSPS) is 19.4. The summed E-state index contributed by atoms with van der Waals surface area (Å²) < 4.78 is 27.3. The Balaban J connectivity index is 1.96. The number of aromatic nitrogens is 3. The highest BCUT2D eigenvalue weighted by atomic mass is 32.2. The van der Waals surface area contributed by atoms with Gasteiger partial charge in [0.05, 0.1) is 18.8 Å². The van der Waals surface area contributed by atoms with Crippen molar-refractivity contribution in [1.29, 1.82) is 0 Å². The molecule has 0 fully saturated rings. The van der Waals surface area contributed by atoms with Gasteiger partial charge in [0, 0.05) is 6.54 Å². The Labute approximate surface area is 124 Å². The van der Waals surface area contributed by atoms with E-state index in [1.807, 2.05) is 25.1 Å². The maximum Gasteiger partial charge on any atom is 0.211 e. The van der Waals surface area contributed by atoms with Crippen molar-refractivity contribution < 1.29 is 8.42 Å². The van der Waals surface area contributed by atoms with E-state index in [1.54, 1.807) is 0 Å². The summed E-state index contributed by atoms with van der Waals surface area (Å²) in [6, 6.07) is 10.1. The lowest BCUT2D eigenvalue weighted by molar-refractivity contribution is 0.275. The zero-order chi connectivity index (χ0) is 15.0. The van der Waals surface area contributed by atoms with Crippen LogP contribution in [0.1, 0.15) is 23.3 Å². The second-order valence-corrected chi connectivity index (χ2v) is 7.41. The van der Waals surface area contributed by atoms with Crippen molar-refractivity contribution in [3.05, 3.63) is 47.5 Å². The van der Waals surface area contributed by atoms with Crippen LogP contribution >= 0.6 is 0 Å². The zero-order valence-corrected chi connectivity index (χ0v) is 12.9. The second-order valence-electron chi connectivity index (χ2n) is 5.43. The average molecular weight is 306 g/mol. The summed E-state index contributed by atoms with van der Waals surface area (Å²) in [4.78, 5) is 0. The molecule has 1 aromatic carbocycles. The molecule has 112 valence electrons. The standard InChI is InChI=1S/C14H18N4O2S/c1-11-15-16-14-10-17(21(2,19)20)9-13(18(11)14)8-12-6-4-3-5-7-12/h3-7,13H,8-10H2,1-2H3/t13-/m1/s1. The zero-order valence-electron chi connectivity index (χ0n) is 12.1. The summed E-state index contributed by atoms with van der Waals surface area (Å²) in [6.07, 6.45) is 2.00. The van der Waals surface area contributed by atoms with Crippen LogP contribution in [0.2, 0.25) is 0 Å². The monoisotopic (exact) mass is 306 g/mol. The second kappa shape index (κ2) is 5.23. The number of hydrogen-bond acceptors (Lipinski definition) is 4. The minimum Gasteiger partial charge on any atom is -0.309 e. The van der Waals surface area contributed by atoms with Crippen molar-refractivity contribution in [3.8, 4) is 0 Å². The predicted octanol–water partition coefficient (Wildman–Crippen LogP) is 1.15. The quantitative estimate of drug-likeness (QED) is 0.853. The Morgan fingerprint density at radius 2 is 1.95 bits per heavy atom. The molecule has 1 atom stereocenters. The van der Waals surface area contributed by atoms with Crippen LogP contribution in [0.25, 0.3) is 0 Å². The molecule has 21 heavy (non-hydrogen) atoms. The van der Waals surface area contributed by atoms with Crippen molar-refractivity contribution in [2.75, 3.05) is 12.8 Å². The molecule has 2 aromatic rings. The molecule has 0 saturated carbocycles. The van der Waals surface area contributed by atoms with Crippen LogP contribution < -0.4 is 0 Å². The molecule has 6 nitrogen and oxygen atoms in total. The van der Waals surface area contributed by atoms with Crippen molar-refractivity contribution in [2.45, 2.75) is 25.9 Å². The number of hydrogen-bond donors (Lipinski definition) is 0. The van der Waals surface area contributed by atoms with Crippen LogP contribution in [0.5, 0.6) is 0 Å². The summed E-state index contributed by atoms with van der Waals surface area (Å²) in [5.41, 5.74) is 1.18. The molecule has 1 aromatic heterocycles. The van der Waals surface area contributed by atoms with Crippen molar-refractivity contribution >= 4 is 10.0 Å². The van der Waals surface area contributed by atoms with Crippen LogP contribution in [0.3, 0.4) is 0 Å². The molecular formula is C14H18N4O2S. The van der Waals surface area contributed by atoms with Gasteiger partial charge in [0.1, 0.15) is 11.6 Å². The molecule has 1 aliphatic heterocycles. The first kappa shape index (κ1) is 14.2. The fourth-order valence-electron chi connectivity index (χ4n) is 2.83. The Morgan fingerprint density at radius 3 is 2.62 bits per heavy atom. The van der Waals surface area contributed by atoms with E-state index < -0.39 is 10.0 Å². The van der Waals surface area contributed by atoms with Gasteiger partial charge in [-0.1, -0.05) is 30.3 Å². The first-order valence-electron chi connectivity index (χ1n) is 6.84. The minimum absolute atomic E-state index is 0.0286. The molecule has 7 heteroatoms. The molecule has 0 radical (unpaired) electrons. The van der Waals surface area contributed by atoms with E-state index in [1.165, 1.54) is 16.1 Å². The molecule has 2 heterocycles. The van der Waals surface area contributed by atoms with E-state index in [0.717, 1.165) is 12.2 Å². The van der Waals surface area contributed by atoms with E-state index >= 15 is 0 Å². The highest BCUT2D eigenvalue weighted by Crippen LogP contribution is 2.26. The smallest absolute Gasteiger partial charge is 0.211 e. The number of benzene rings is 1. The highest BCUT2D eigenvalue weighted by Gasteiger charge is 2.32. The number of rotatable bonds is 3. The summed E-state index contributed by atoms with van der Waals surface area (Å²) in [5, 5.41) is 8.22. The van der Waals surface area contributed by atoms with Gasteiger partial charge in [-0.25, -0.2) is 8.42 Å². The predicted molar refractivity (Wildman–Crippen MR) is 79.2 cm³/mol. The molecule has 0 aliphatic carbocycles. The van der Waals surface area contributed by atoms with E-state index in [4.69, 9.17) is 0 Å². The van der Waals surface area contributed by atoms with Crippen LogP contribution in [-0.2, 0) is 23.0 Å². The third-order valence-electron chi connectivity index (χ3n) is 3.82. The summed E-state index contributed by atoms with van der Waals surface area (Å²) in [5.74, 6) is 1.55. The van der Waals surface area contributed by atoms with Gasteiger partial charge in [0.2, 0.25) is 10.0 Å². The largest absolute Gasteiger partial charge is 0.309 e. The van der Waals surface area contributed by atoms with Gasteiger partial charge in [0.25, 0.3) is 0 Å². The molecule has 0 N–H and O–H groups in total. The molecule has 1 aliphatic rings. The maximum absolute atomic E-state index is 11.9. The Bertz CT molecular complexity index is 740. The average Bonchev–Trinajstić information content (AvgIpc) is 2.81. The number of nitrogens with zero attached hydrogens (tertiary/aromatic N) is 4. The van der Waals surface area contributed by atoms with E-state index in [-0.39, 0.29) is 6.04 Å². The van der Waals surface area contributed by atoms with Crippen molar-refractivity contribution in [3.63, 3.8) is 0 Å². The fourth-order valence-corrected chi connectivity index (χ4v) is 3.62. The SMILES string of the molecule is Cc1nnc2n1[C@H](Cc1ccccc1)CN(S(C)(=O)=O)C2. The lowest BCUT2D eigenvalue weighted by atomic mass is 10.0. The van der Waals surface area contributed by atoms with Gasteiger partial charge in [0.15, 0.2) is 0 Å². The number of sulfonamides is 1. The van der Waals surface area contributed by atoms with Gasteiger partial charge >= 0.3 is 0 Å². The van der Waals surface area contributed by atoms with Crippen molar-refractivity contribution in [2.24, 2.45) is 0 Å². The molecule has 0 bridgehead atoms. The number of aryl methyl sites for hydroxylation is 1. The van der Waals surface area contributed by atoms with Crippen LogP contribution in [-0.4, -0.2) is 40.3 Å². The summed E-state index contributed by atoms with van der Waals surface area (Å²) >= 11 is 0. The Hall–Kier alpha value is -1.73. The van der Waals surface area contributed by atoms with Gasteiger partial charge in [-0.2, -0.15) is 4.31 Å². The first-order valence-corrected chi connectivity index (χ1v) is 8.69. The molecule has 0 unspecified atom stereocenters. The Kier molecular flexibility index (Phi) is 3.54.